The van der Waals surface area contributed by atoms with Gasteiger partial charge in [0.2, 0.25) is 0 Å². The highest BCUT2D eigenvalue weighted by atomic mass is 79.9. The van der Waals surface area contributed by atoms with Gasteiger partial charge in [-0.05, 0) is 13.8 Å². The third-order valence-corrected chi connectivity index (χ3v) is 2.43. The van der Waals surface area contributed by atoms with Crippen LogP contribution < -0.4 is 0 Å². The molecule has 0 aliphatic heterocycles. The van der Waals surface area contributed by atoms with Gasteiger partial charge in [0.25, 0.3) is 0 Å². The van der Waals surface area contributed by atoms with Crippen molar-refractivity contribution in [1.82, 2.24) is 20.2 Å². The molecule has 0 N–H and O–H groups in total. The van der Waals surface area contributed by atoms with Gasteiger partial charge < -0.3 is 4.52 Å². The molecule has 2 rings (SSSR count). The van der Waals surface area contributed by atoms with Gasteiger partial charge in [-0.2, -0.15) is 0 Å². The molecule has 15 heavy (non-hydrogen) atoms. The molecule has 0 saturated heterocycles. The van der Waals surface area contributed by atoms with E-state index in [1.54, 1.807) is 4.68 Å². The molecule has 0 fully saturated rings. The fraction of sp³-hybridized carbons (Fsp3) is 0.444. The largest absolute Gasteiger partial charge is 0.359 e. The molecule has 0 bridgehead atoms. The van der Waals surface area contributed by atoms with Gasteiger partial charge in [0.1, 0.15) is 6.54 Å². The summed E-state index contributed by atoms with van der Waals surface area (Å²) in [7, 11) is 0. The lowest BCUT2D eigenvalue weighted by atomic mass is 10.3. The van der Waals surface area contributed by atoms with E-state index in [0.29, 0.717) is 6.54 Å². The number of hydrogen-bond acceptors (Lipinski definition) is 4. The molecule has 5 nitrogen and oxygen atoms in total. The van der Waals surface area contributed by atoms with Gasteiger partial charge >= 0.3 is 0 Å². The van der Waals surface area contributed by atoms with Crippen LogP contribution in [0, 0.1) is 6.92 Å². The third-order valence-electron chi connectivity index (χ3n) is 1.96. The Bertz CT molecular complexity index is 448. The van der Waals surface area contributed by atoms with Crippen molar-refractivity contribution < 1.29 is 4.52 Å². The Kier molecular flexibility index (Phi) is 2.86. The standard InChI is InChI=1S/C9H11BrN4O/c1-6-3-8(15-12-6)4-14-5-9(7(2)10)11-13-14/h3,5,7H,4H2,1-2H3. The van der Waals surface area contributed by atoms with E-state index < -0.39 is 0 Å². The molecule has 0 saturated carbocycles. The van der Waals surface area contributed by atoms with E-state index in [2.05, 4.69) is 31.4 Å². The van der Waals surface area contributed by atoms with E-state index in [0.717, 1.165) is 17.1 Å². The van der Waals surface area contributed by atoms with Gasteiger partial charge in [-0.1, -0.05) is 26.3 Å². The predicted octanol–water partition coefficient (Wildman–Crippen LogP) is 2.08. The van der Waals surface area contributed by atoms with Crippen LogP contribution in [0.3, 0.4) is 0 Å². The molecule has 1 unspecified atom stereocenters. The average molecular weight is 271 g/mol. The van der Waals surface area contributed by atoms with Crippen LogP contribution in [0.5, 0.6) is 0 Å². The summed E-state index contributed by atoms with van der Waals surface area (Å²) in [5, 5.41) is 11.8. The van der Waals surface area contributed by atoms with Gasteiger partial charge in [0.15, 0.2) is 5.76 Å². The van der Waals surface area contributed by atoms with Crippen molar-refractivity contribution in [3.05, 3.63) is 29.4 Å². The van der Waals surface area contributed by atoms with E-state index in [-0.39, 0.29) is 4.83 Å². The summed E-state index contributed by atoms with van der Waals surface area (Å²) < 4.78 is 6.82. The maximum Gasteiger partial charge on any atom is 0.158 e. The fourth-order valence-corrected chi connectivity index (χ4v) is 1.43. The first-order chi connectivity index (χ1) is 7.15. The van der Waals surface area contributed by atoms with Gasteiger partial charge in [-0.3, -0.25) is 0 Å². The van der Waals surface area contributed by atoms with Crippen molar-refractivity contribution in [2.75, 3.05) is 0 Å². The molecule has 2 aromatic rings. The molecule has 0 aliphatic rings. The number of aryl methyl sites for hydroxylation is 1. The Morgan fingerprint density at radius 1 is 1.60 bits per heavy atom. The van der Waals surface area contributed by atoms with Crippen LogP contribution in [0.2, 0.25) is 0 Å². The number of halogens is 1. The zero-order valence-electron chi connectivity index (χ0n) is 8.51. The van der Waals surface area contributed by atoms with E-state index >= 15 is 0 Å². The lowest BCUT2D eigenvalue weighted by Gasteiger charge is -1.94. The van der Waals surface area contributed by atoms with E-state index in [1.807, 2.05) is 26.1 Å². The number of alkyl halides is 1. The average Bonchev–Trinajstić information content (AvgIpc) is 2.76. The van der Waals surface area contributed by atoms with Crippen LogP contribution in [0.4, 0.5) is 0 Å². The molecule has 0 aromatic carbocycles. The first-order valence-electron chi connectivity index (χ1n) is 4.61. The summed E-state index contributed by atoms with van der Waals surface area (Å²) in [5.74, 6) is 0.783. The summed E-state index contributed by atoms with van der Waals surface area (Å²) in [4.78, 5) is 0.211. The van der Waals surface area contributed by atoms with Gasteiger partial charge in [0.05, 0.1) is 22.4 Å². The Balaban J connectivity index is 2.11. The highest BCUT2D eigenvalue weighted by Gasteiger charge is 2.08. The van der Waals surface area contributed by atoms with Crippen LogP contribution in [0.25, 0.3) is 0 Å². The van der Waals surface area contributed by atoms with Crippen LogP contribution in [-0.2, 0) is 6.54 Å². The van der Waals surface area contributed by atoms with Crippen molar-refractivity contribution in [3.63, 3.8) is 0 Å². The van der Waals surface area contributed by atoms with Crippen LogP contribution in [0.15, 0.2) is 16.8 Å². The second-order valence-electron chi connectivity index (χ2n) is 3.39. The second-order valence-corrected chi connectivity index (χ2v) is 4.77. The van der Waals surface area contributed by atoms with E-state index in [1.165, 1.54) is 0 Å². The zero-order chi connectivity index (χ0) is 10.8. The Labute approximate surface area is 95.6 Å². The molecule has 2 heterocycles. The highest BCUT2D eigenvalue weighted by Crippen LogP contribution is 2.18. The van der Waals surface area contributed by atoms with E-state index in [9.17, 15) is 0 Å². The molecule has 0 amide bonds. The maximum absolute atomic E-state index is 5.09. The third kappa shape index (κ3) is 2.44. The molecular weight excluding hydrogens is 260 g/mol. The number of aromatic nitrogens is 4. The van der Waals surface area contributed by atoms with Gasteiger partial charge in [0, 0.05) is 6.07 Å². The van der Waals surface area contributed by atoms with Crippen molar-refractivity contribution >= 4 is 15.9 Å². The minimum absolute atomic E-state index is 0.211. The quantitative estimate of drug-likeness (QED) is 0.802. The van der Waals surface area contributed by atoms with E-state index in [4.69, 9.17) is 4.52 Å². The molecule has 0 aliphatic carbocycles. The second kappa shape index (κ2) is 4.14. The predicted molar refractivity (Wildman–Crippen MR) is 57.7 cm³/mol. The van der Waals surface area contributed by atoms with Crippen LogP contribution in [0.1, 0.15) is 28.9 Å². The number of nitrogens with zero attached hydrogens (tertiary/aromatic N) is 4. The van der Waals surface area contributed by atoms with Gasteiger partial charge in [-0.15, -0.1) is 5.10 Å². The molecule has 80 valence electrons. The summed E-state index contributed by atoms with van der Waals surface area (Å²) in [6, 6.07) is 1.89. The summed E-state index contributed by atoms with van der Waals surface area (Å²) in [6.45, 7) is 4.46. The van der Waals surface area contributed by atoms with Crippen LogP contribution >= 0.6 is 15.9 Å². The lowest BCUT2D eigenvalue weighted by Crippen LogP contribution is -1.98. The summed E-state index contributed by atoms with van der Waals surface area (Å²) >= 11 is 3.43. The maximum atomic E-state index is 5.09. The fourth-order valence-electron chi connectivity index (χ4n) is 1.22. The zero-order valence-corrected chi connectivity index (χ0v) is 10.1. The topological polar surface area (TPSA) is 56.7 Å². The normalized spacial score (nSPS) is 13.0. The van der Waals surface area contributed by atoms with Crippen molar-refractivity contribution in [2.45, 2.75) is 25.2 Å². The SMILES string of the molecule is Cc1cc(Cn2cc(C(C)Br)nn2)on1. The van der Waals surface area contributed by atoms with Crippen LogP contribution in [-0.4, -0.2) is 20.2 Å². The highest BCUT2D eigenvalue weighted by molar-refractivity contribution is 9.09. The van der Waals surface area contributed by atoms with Crippen molar-refractivity contribution in [2.24, 2.45) is 0 Å². The molecule has 0 spiro atoms. The van der Waals surface area contributed by atoms with Crippen molar-refractivity contribution in [3.8, 4) is 0 Å². The smallest absolute Gasteiger partial charge is 0.158 e. The minimum Gasteiger partial charge on any atom is -0.359 e. The van der Waals surface area contributed by atoms with Gasteiger partial charge in [-0.25, -0.2) is 4.68 Å². The number of hydrogen-bond donors (Lipinski definition) is 0. The molecular formula is C9H11BrN4O. The first-order valence-corrected chi connectivity index (χ1v) is 5.53. The Morgan fingerprint density at radius 3 is 2.93 bits per heavy atom. The minimum atomic E-state index is 0.211. The Hall–Kier alpha value is -1.17. The van der Waals surface area contributed by atoms with Crippen molar-refractivity contribution in [1.29, 1.82) is 0 Å². The molecule has 1 atom stereocenters. The molecule has 0 radical (unpaired) electrons. The first kappa shape index (κ1) is 10.4. The molecule has 2 aromatic heterocycles. The number of rotatable bonds is 3. The lowest BCUT2D eigenvalue weighted by molar-refractivity contribution is 0.367. The summed E-state index contributed by atoms with van der Waals surface area (Å²) in [5.41, 5.74) is 1.78. The summed E-state index contributed by atoms with van der Waals surface area (Å²) in [6.07, 6.45) is 1.89. The Morgan fingerprint density at radius 2 is 2.40 bits per heavy atom. The monoisotopic (exact) mass is 270 g/mol. The molecule has 6 heteroatoms.